The van der Waals surface area contributed by atoms with Gasteiger partial charge in [-0.05, 0) is 29.8 Å². The molecular formula is C24H17Cl2NO4. The Hall–Kier alpha value is -3.28. The molecule has 1 amide bonds. The molecule has 0 saturated heterocycles. The van der Waals surface area contributed by atoms with Crippen LogP contribution in [0.4, 0.5) is 0 Å². The van der Waals surface area contributed by atoms with Crippen LogP contribution in [0.3, 0.4) is 0 Å². The van der Waals surface area contributed by atoms with Crippen LogP contribution in [0.25, 0.3) is 22.1 Å². The van der Waals surface area contributed by atoms with Crippen LogP contribution in [-0.2, 0) is 11.3 Å². The van der Waals surface area contributed by atoms with Gasteiger partial charge in [0.15, 0.2) is 6.61 Å². The Morgan fingerprint density at radius 1 is 0.968 bits per heavy atom. The van der Waals surface area contributed by atoms with E-state index in [1.54, 1.807) is 36.4 Å². The van der Waals surface area contributed by atoms with Crippen LogP contribution in [0.15, 0.2) is 82.2 Å². The minimum atomic E-state index is -0.252. The van der Waals surface area contributed by atoms with Gasteiger partial charge in [-0.3, -0.25) is 9.59 Å². The summed E-state index contributed by atoms with van der Waals surface area (Å²) in [6, 6.07) is 19.3. The lowest BCUT2D eigenvalue weighted by atomic mass is 10.1. The number of benzene rings is 3. The molecule has 4 aromatic rings. The lowest BCUT2D eigenvalue weighted by Gasteiger charge is -2.09. The normalized spacial score (nSPS) is 10.8. The van der Waals surface area contributed by atoms with E-state index >= 15 is 0 Å². The summed E-state index contributed by atoms with van der Waals surface area (Å²) in [5.74, 6) is 0.168. The van der Waals surface area contributed by atoms with Crippen molar-refractivity contribution in [3.05, 3.63) is 98.8 Å². The predicted octanol–water partition coefficient (Wildman–Crippen LogP) is 5.46. The zero-order chi connectivity index (χ0) is 21.8. The van der Waals surface area contributed by atoms with Crippen LogP contribution in [0.2, 0.25) is 10.0 Å². The van der Waals surface area contributed by atoms with Gasteiger partial charge in [0.1, 0.15) is 17.6 Å². The molecule has 7 heteroatoms. The van der Waals surface area contributed by atoms with Crippen LogP contribution in [0, 0.1) is 0 Å². The first-order valence-electron chi connectivity index (χ1n) is 9.45. The minimum Gasteiger partial charge on any atom is -0.484 e. The summed E-state index contributed by atoms with van der Waals surface area (Å²) in [5.41, 5.74) is 2.00. The predicted molar refractivity (Wildman–Crippen MR) is 122 cm³/mol. The smallest absolute Gasteiger partial charge is 0.258 e. The Morgan fingerprint density at radius 3 is 2.55 bits per heavy atom. The maximum absolute atomic E-state index is 12.9. The molecular weight excluding hydrogens is 437 g/mol. The molecule has 0 saturated carbocycles. The standard InChI is InChI=1S/C24H17Cl2NO4/c25-16-6-8-18(21(26)10-16)20-13-31-22-11-17(7-9-19(22)24(20)29)30-14-23(28)27-12-15-4-2-1-3-5-15/h1-11,13H,12,14H2,(H,27,28). The van der Waals surface area contributed by atoms with Crippen molar-refractivity contribution in [3.8, 4) is 16.9 Å². The Bertz CT molecular complexity index is 1300. The van der Waals surface area contributed by atoms with Gasteiger partial charge in [-0.1, -0.05) is 59.6 Å². The highest BCUT2D eigenvalue weighted by Gasteiger charge is 2.13. The fourth-order valence-corrected chi connectivity index (χ4v) is 3.60. The van der Waals surface area contributed by atoms with Gasteiger partial charge in [-0.15, -0.1) is 0 Å². The highest BCUT2D eigenvalue weighted by atomic mass is 35.5. The number of carbonyl (C=O) groups is 1. The molecule has 0 radical (unpaired) electrons. The van der Waals surface area contributed by atoms with Gasteiger partial charge in [-0.25, -0.2) is 0 Å². The second-order valence-electron chi connectivity index (χ2n) is 6.81. The lowest BCUT2D eigenvalue weighted by Crippen LogP contribution is -2.28. The van der Waals surface area contributed by atoms with Gasteiger partial charge >= 0.3 is 0 Å². The first-order chi connectivity index (χ1) is 15.0. The number of hydrogen-bond acceptors (Lipinski definition) is 4. The van der Waals surface area contributed by atoms with Crippen LogP contribution >= 0.6 is 23.2 Å². The molecule has 0 aliphatic heterocycles. The maximum Gasteiger partial charge on any atom is 0.258 e. The summed E-state index contributed by atoms with van der Waals surface area (Å²) < 4.78 is 11.2. The van der Waals surface area contributed by atoms with Gasteiger partial charge in [0.25, 0.3) is 5.91 Å². The molecule has 31 heavy (non-hydrogen) atoms. The first kappa shape index (κ1) is 21.0. The van der Waals surface area contributed by atoms with E-state index in [4.69, 9.17) is 32.4 Å². The van der Waals surface area contributed by atoms with E-state index in [-0.39, 0.29) is 17.9 Å². The van der Waals surface area contributed by atoms with Crippen molar-refractivity contribution in [2.24, 2.45) is 0 Å². The largest absolute Gasteiger partial charge is 0.484 e. The fraction of sp³-hybridized carbons (Fsp3) is 0.0833. The fourth-order valence-electron chi connectivity index (χ4n) is 3.09. The summed E-state index contributed by atoms with van der Waals surface area (Å²) >= 11 is 12.2. The van der Waals surface area contributed by atoms with E-state index in [0.717, 1.165) is 5.56 Å². The average molecular weight is 454 g/mol. The van der Waals surface area contributed by atoms with Gasteiger partial charge in [0.05, 0.1) is 16.0 Å². The second-order valence-corrected chi connectivity index (χ2v) is 7.66. The molecule has 0 spiro atoms. The van der Waals surface area contributed by atoms with Gasteiger partial charge in [0, 0.05) is 23.2 Å². The SMILES string of the molecule is O=C(COc1ccc2c(=O)c(-c3ccc(Cl)cc3Cl)coc2c1)NCc1ccccc1. The molecule has 0 aliphatic rings. The van der Waals surface area contributed by atoms with Crippen molar-refractivity contribution < 1.29 is 13.9 Å². The van der Waals surface area contributed by atoms with Crippen LogP contribution in [-0.4, -0.2) is 12.5 Å². The van der Waals surface area contributed by atoms with Crippen molar-refractivity contribution in [1.29, 1.82) is 0 Å². The van der Waals surface area contributed by atoms with Crippen molar-refractivity contribution >= 4 is 40.1 Å². The molecule has 0 aliphatic carbocycles. The molecule has 0 unspecified atom stereocenters. The Kier molecular flexibility index (Phi) is 6.26. The van der Waals surface area contributed by atoms with Crippen molar-refractivity contribution in [2.75, 3.05) is 6.61 Å². The average Bonchev–Trinajstić information content (AvgIpc) is 2.78. The second kappa shape index (κ2) is 9.25. The molecule has 1 heterocycles. The van der Waals surface area contributed by atoms with E-state index in [2.05, 4.69) is 5.32 Å². The van der Waals surface area contributed by atoms with E-state index < -0.39 is 0 Å². The summed E-state index contributed by atoms with van der Waals surface area (Å²) in [7, 11) is 0. The van der Waals surface area contributed by atoms with Crippen molar-refractivity contribution in [1.82, 2.24) is 5.32 Å². The lowest BCUT2D eigenvalue weighted by molar-refractivity contribution is -0.123. The van der Waals surface area contributed by atoms with E-state index in [1.807, 2.05) is 30.3 Å². The number of carbonyl (C=O) groups excluding carboxylic acids is 1. The first-order valence-corrected chi connectivity index (χ1v) is 10.2. The molecule has 5 nitrogen and oxygen atoms in total. The highest BCUT2D eigenvalue weighted by molar-refractivity contribution is 6.36. The number of nitrogens with one attached hydrogen (secondary N) is 1. The van der Waals surface area contributed by atoms with Gasteiger partial charge < -0.3 is 14.5 Å². The zero-order valence-electron chi connectivity index (χ0n) is 16.2. The summed E-state index contributed by atoms with van der Waals surface area (Å²) in [6.07, 6.45) is 1.36. The number of rotatable bonds is 6. The van der Waals surface area contributed by atoms with Crippen molar-refractivity contribution in [3.63, 3.8) is 0 Å². The number of halogens is 2. The molecule has 1 aromatic heterocycles. The third-order valence-corrected chi connectivity index (χ3v) is 5.22. The zero-order valence-corrected chi connectivity index (χ0v) is 17.7. The van der Waals surface area contributed by atoms with E-state index in [1.165, 1.54) is 6.26 Å². The Balaban J connectivity index is 1.47. The van der Waals surface area contributed by atoms with Crippen LogP contribution in [0.5, 0.6) is 5.75 Å². The topological polar surface area (TPSA) is 68.5 Å². The number of ether oxygens (including phenoxy) is 1. The van der Waals surface area contributed by atoms with Gasteiger partial charge in [0.2, 0.25) is 5.43 Å². The molecule has 3 aromatic carbocycles. The summed E-state index contributed by atoms with van der Waals surface area (Å²) in [4.78, 5) is 24.9. The molecule has 0 atom stereocenters. The molecule has 156 valence electrons. The number of hydrogen-bond donors (Lipinski definition) is 1. The number of fused-ring (bicyclic) bond motifs is 1. The quantitative estimate of drug-likeness (QED) is 0.420. The highest BCUT2D eigenvalue weighted by Crippen LogP contribution is 2.30. The minimum absolute atomic E-state index is 0.152. The maximum atomic E-state index is 12.9. The Labute approximate surface area is 188 Å². The van der Waals surface area contributed by atoms with Crippen LogP contribution in [0.1, 0.15) is 5.56 Å². The molecule has 4 rings (SSSR count). The van der Waals surface area contributed by atoms with Gasteiger partial charge in [-0.2, -0.15) is 0 Å². The van der Waals surface area contributed by atoms with Crippen molar-refractivity contribution in [2.45, 2.75) is 6.54 Å². The summed E-state index contributed by atoms with van der Waals surface area (Å²) in [6.45, 7) is 0.271. The molecule has 0 bridgehead atoms. The third kappa shape index (κ3) is 4.90. The Morgan fingerprint density at radius 2 is 1.77 bits per heavy atom. The molecule has 0 fully saturated rings. The molecule has 1 N–H and O–H groups in total. The monoisotopic (exact) mass is 453 g/mol. The number of amides is 1. The van der Waals surface area contributed by atoms with E-state index in [9.17, 15) is 9.59 Å². The third-order valence-electron chi connectivity index (χ3n) is 4.67. The van der Waals surface area contributed by atoms with E-state index in [0.29, 0.717) is 44.4 Å². The van der Waals surface area contributed by atoms with Crippen LogP contribution < -0.4 is 15.5 Å². The summed E-state index contributed by atoms with van der Waals surface area (Å²) in [5, 5.41) is 4.01.